The molecule has 0 saturated carbocycles. The fourth-order valence-corrected chi connectivity index (χ4v) is 2.64. The third-order valence-electron chi connectivity index (χ3n) is 3.13. The first-order valence-corrected chi connectivity index (χ1v) is 7.73. The molecule has 1 atom stereocenters. The molecule has 1 aliphatic rings. The summed E-state index contributed by atoms with van der Waals surface area (Å²) in [5.41, 5.74) is -0.220. The lowest BCUT2D eigenvalue weighted by Crippen LogP contribution is -2.43. The topological polar surface area (TPSA) is 59.5 Å². The Balaban J connectivity index is 2.15. The summed E-state index contributed by atoms with van der Waals surface area (Å²) in [6, 6.07) is 4.64. The molecule has 1 aromatic rings. The zero-order valence-electron chi connectivity index (χ0n) is 12.4. The van der Waals surface area contributed by atoms with Crippen LogP contribution in [0.15, 0.2) is 22.8 Å². The van der Waals surface area contributed by atoms with Crippen molar-refractivity contribution in [3.05, 3.63) is 28.5 Å². The van der Waals surface area contributed by atoms with E-state index in [0.717, 1.165) is 6.42 Å². The third-order valence-corrected chi connectivity index (χ3v) is 3.57. The Hall–Kier alpha value is -1.43. The molecular formula is C15H19BrN2O3. The van der Waals surface area contributed by atoms with Crippen LogP contribution < -0.4 is 0 Å². The first-order valence-electron chi connectivity index (χ1n) is 6.94. The molecule has 1 amide bonds. The predicted molar refractivity (Wildman–Crippen MR) is 81.8 cm³/mol. The normalized spacial score (nSPS) is 18.7. The Morgan fingerprint density at radius 3 is 2.71 bits per heavy atom. The van der Waals surface area contributed by atoms with Gasteiger partial charge in [-0.3, -0.25) is 4.79 Å². The van der Waals surface area contributed by atoms with Crippen LogP contribution in [0.1, 0.15) is 44.1 Å². The van der Waals surface area contributed by atoms with Gasteiger partial charge in [0.1, 0.15) is 21.9 Å². The zero-order chi connectivity index (χ0) is 15.6. The molecule has 1 fully saturated rings. The molecule has 21 heavy (non-hydrogen) atoms. The van der Waals surface area contributed by atoms with Gasteiger partial charge in [-0.15, -0.1) is 0 Å². The molecule has 1 aliphatic heterocycles. The number of pyridine rings is 1. The average molecular weight is 355 g/mol. The van der Waals surface area contributed by atoms with E-state index in [0.29, 0.717) is 23.3 Å². The van der Waals surface area contributed by atoms with Crippen molar-refractivity contribution in [2.45, 2.75) is 45.3 Å². The quantitative estimate of drug-likeness (QED) is 0.605. The Labute approximate surface area is 132 Å². The van der Waals surface area contributed by atoms with Gasteiger partial charge in [-0.25, -0.2) is 9.78 Å². The van der Waals surface area contributed by atoms with E-state index < -0.39 is 11.6 Å². The number of hydrogen-bond acceptors (Lipinski definition) is 4. The number of amides is 1. The highest BCUT2D eigenvalue weighted by Gasteiger charge is 2.37. The van der Waals surface area contributed by atoms with Crippen LogP contribution in [0.25, 0.3) is 0 Å². The lowest BCUT2D eigenvalue weighted by atomic mass is 10.1. The number of nitrogens with zero attached hydrogens (tertiary/aromatic N) is 2. The van der Waals surface area contributed by atoms with E-state index in [4.69, 9.17) is 4.74 Å². The second-order valence-corrected chi connectivity index (χ2v) is 6.85. The van der Waals surface area contributed by atoms with Gasteiger partial charge in [0.2, 0.25) is 0 Å². The summed E-state index contributed by atoms with van der Waals surface area (Å²) < 4.78 is 6.00. The predicted octanol–water partition coefficient (Wildman–Crippen LogP) is 2.79. The monoisotopic (exact) mass is 354 g/mol. The van der Waals surface area contributed by atoms with E-state index in [9.17, 15) is 9.59 Å². The van der Waals surface area contributed by atoms with Gasteiger partial charge >= 0.3 is 5.97 Å². The molecule has 114 valence electrons. The molecule has 1 saturated heterocycles. The number of esters is 1. The number of aromatic nitrogens is 1. The van der Waals surface area contributed by atoms with Gasteiger partial charge in [0.15, 0.2) is 0 Å². The largest absolute Gasteiger partial charge is 0.458 e. The maximum atomic E-state index is 12.5. The molecule has 0 bridgehead atoms. The summed E-state index contributed by atoms with van der Waals surface area (Å²) in [6.45, 7) is 6.02. The second-order valence-electron chi connectivity index (χ2n) is 6.04. The van der Waals surface area contributed by atoms with E-state index in [-0.39, 0.29) is 11.9 Å². The molecule has 0 spiro atoms. The molecule has 0 radical (unpaired) electrons. The van der Waals surface area contributed by atoms with Crippen molar-refractivity contribution in [3.63, 3.8) is 0 Å². The first-order chi connectivity index (χ1) is 9.78. The number of likely N-dealkylation sites (tertiary alicyclic amines) is 1. The van der Waals surface area contributed by atoms with E-state index in [1.54, 1.807) is 23.1 Å². The van der Waals surface area contributed by atoms with Crippen LogP contribution in [0.4, 0.5) is 0 Å². The van der Waals surface area contributed by atoms with Crippen molar-refractivity contribution in [3.8, 4) is 0 Å². The lowest BCUT2D eigenvalue weighted by molar-refractivity contribution is -0.159. The van der Waals surface area contributed by atoms with Crippen LogP contribution in [-0.2, 0) is 9.53 Å². The average Bonchev–Trinajstić information content (AvgIpc) is 2.85. The molecule has 6 heteroatoms. The highest BCUT2D eigenvalue weighted by Crippen LogP contribution is 2.23. The molecule has 2 heterocycles. The summed E-state index contributed by atoms with van der Waals surface area (Å²) in [6.07, 6.45) is 1.43. The zero-order valence-corrected chi connectivity index (χ0v) is 14.0. The summed E-state index contributed by atoms with van der Waals surface area (Å²) >= 11 is 3.25. The van der Waals surface area contributed by atoms with E-state index in [2.05, 4.69) is 20.9 Å². The van der Waals surface area contributed by atoms with Crippen molar-refractivity contribution in [1.82, 2.24) is 9.88 Å². The molecule has 5 nitrogen and oxygen atoms in total. The van der Waals surface area contributed by atoms with Crippen LogP contribution in [0.2, 0.25) is 0 Å². The Bertz CT molecular complexity index is 554. The fraction of sp³-hybridized carbons (Fsp3) is 0.533. The standard InChI is InChI=1S/C15H19BrN2O3/c1-15(2,3)21-14(20)11-7-5-9-18(11)13(19)10-6-4-8-12(16)17-10/h4,6,8,11H,5,7,9H2,1-3H3/t11-/m1/s1. The van der Waals surface area contributed by atoms with Crippen molar-refractivity contribution < 1.29 is 14.3 Å². The maximum absolute atomic E-state index is 12.5. The number of ether oxygens (including phenoxy) is 1. The van der Waals surface area contributed by atoms with Gasteiger partial charge in [0.05, 0.1) is 0 Å². The van der Waals surface area contributed by atoms with Crippen LogP contribution in [-0.4, -0.2) is 39.9 Å². The summed E-state index contributed by atoms with van der Waals surface area (Å²) in [5.74, 6) is -0.576. The van der Waals surface area contributed by atoms with Crippen LogP contribution in [0.5, 0.6) is 0 Å². The minimum Gasteiger partial charge on any atom is -0.458 e. The number of hydrogen-bond donors (Lipinski definition) is 0. The van der Waals surface area contributed by atoms with Crippen LogP contribution in [0.3, 0.4) is 0 Å². The van der Waals surface area contributed by atoms with Gasteiger partial charge in [-0.2, -0.15) is 0 Å². The summed E-state index contributed by atoms with van der Waals surface area (Å²) in [7, 11) is 0. The lowest BCUT2D eigenvalue weighted by Gasteiger charge is -2.27. The molecule has 0 aliphatic carbocycles. The van der Waals surface area contributed by atoms with Gasteiger partial charge < -0.3 is 9.64 Å². The van der Waals surface area contributed by atoms with E-state index in [1.807, 2.05) is 20.8 Å². The highest BCUT2D eigenvalue weighted by molar-refractivity contribution is 9.10. The first kappa shape index (κ1) is 15.9. The van der Waals surface area contributed by atoms with E-state index >= 15 is 0 Å². The SMILES string of the molecule is CC(C)(C)OC(=O)[C@H]1CCCN1C(=O)c1cccc(Br)n1. The molecule has 0 aromatic carbocycles. The van der Waals surface area contributed by atoms with Gasteiger partial charge in [0.25, 0.3) is 5.91 Å². The second kappa shape index (κ2) is 6.13. The maximum Gasteiger partial charge on any atom is 0.329 e. The summed E-state index contributed by atoms with van der Waals surface area (Å²) in [4.78, 5) is 30.5. The molecule has 0 unspecified atom stereocenters. The minimum atomic E-state index is -0.553. The molecule has 0 N–H and O–H groups in total. The third kappa shape index (κ3) is 4.03. The fourth-order valence-electron chi connectivity index (χ4n) is 2.30. The Kier molecular flexibility index (Phi) is 4.66. The van der Waals surface area contributed by atoms with E-state index in [1.165, 1.54) is 0 Å². The summed E-state index contributed by atoms with van der Waals surface area (Å²) in [5, 5.41) is 0. The molecule has 1 aromatic heterocycles. The number of carbonyl (C=O) groups excluding carboxylic acids is 2. The Morgan fingerprint density at radius 1 is 1.38 bits per heavy atom. The van der Waals surface area contributed by atoms with Crippen molar-refractivity contribution in [2.75, 3.05) is 6.54 Å². The minimum absolute atomic E-state index is 0.232. The number of carbonyl (C=O) groups is 2. The van der Waals surface area contributed by atoms with Gasteiger partial charge in [-0.05, 0) is 61.7 Å². The molecule has 2 rings (SSSR count). The van der Waals surface area contributed by atoms with Crippen LogP contribution in [0, 0.1) is 0 Å². The number of halogens is 1. The highest BCUT2D eigenvalue weighted by atomic mass is 79.9. The van der Waals surface area contributed by atoms with Crippen molar-refractivity contribution in [2.24, 2.45) is 0 Å². The number of rotatable bonds is 2. The smallest absolute Gasteiger partial charge is 0.329 e. The Morgan fingerprint density at radius 2 is 2.10 bits per heavy atom. The van der Waals surface area contributed by atoms with Gasteiger partial charge in [-0.1, -0.05) is 6.07 Å². The van der Waals surface area contributed by atoms with Gasteiger partial charge in [0, 0.05) is 6.54 Å². The van der Waals surface area contributed by atoms with Crippen molar-refractivity contribution >= 4 is 27.8 Å². The molecular weight excluding hydrogens is 336 g/mol. The van der Waals surface area contributed by atoms with Crippen LogP contribution >= 0.6 is 15.9 Å². The van der Waals surface area contributed by atoms with Crippen molar-refractivity contribution in [1.29, 1.82) is 0 Å².